The van der Waals surface area contributed by atoms with Gasteiger partial charge in [0, 0.05) is 25.1 Å². The molecule has 2 heterocycles. The molecule has 1 aliphatic carbocycles. The van der Waals surface area contributed by atoms with Crippen LogP contribution >= 0.6 is 0 Å². The Morgan fingerprint density at radius 3 is 2.70 bits per heavy atom. The molecule has 1 aliphatic heterocycles. The van der Waals surface area contributed by atoms with Crippen LogP contribution in [0.1, 0.15) is 38.5 Å². The Bertz CT molecular complexity index is 615. The van der Waals surface area contributed by atoms with Crippen LogP contribution < -0.4 is 4.74 Å². The van der Waals surface area contributed by atoms with E-state index in [0.29, 0.717) is 25.6 Å². The van der Waals surface area contributed by atoms with Gasteiger partial charge in [-0.25, -0.2) is 22.1 Å². The molecule has 1 atom stereocenters. The number of hydrogen-bond donors (Lipinski definition) is 0. The Morgan fingerprint density at radius 2 is 2.00 bits per heavy atom. The molecular weight excluding hydrogens is 319 g/mol. The van der Waals surface area contributed by atoms with Gasteiger partial charge < -0.3 is 4.74 Å². The third-order valence-electron chi connectivity index (χ3n) is 4.75. The predicted octanol–water partition coefficient (Wildman–Crippen LogP) is 2.58. The molecular formula is C16H23FN2O3S. The Hall–Kier alpha value is -1.21. The van der Waals surface area contributed by atoms with Crippen molar-refractivity contribution in [1.29, 1.82) is 0 Å². The zero-order chi connectivity index (χ0) is 16.3. The van der Waals surface area contributed by atoms with Gasteiger partial charge in [-0.15, -0.1) is 0 Å². The number of sulfonamides is 1. The van der Waals surface area contributed by atoms with E-state index < -0.39 is 15.8 Å². The number of aromatic nitrogens is 1. The fraction of sp³-hybridized carbons (Fsp3) is 0.688. The van der Waals surface area contributed by atoms with E-state index >= 15 is 0 Å². The monoisotopic (exact) mass is 342 g/mol. The second kappa shape index (κ2) is 7.13. The summed E-state index contributed by atoms with van der Waals surface area (Å²) in [4.78, 5) is 3.85. The molecule has 0 spiro atoms. The Kier molecular flexibility index (Phi) is 5.16. The summed E-state index contributed by atoms with van der Waals surface area (Å²) >= 11 is 0. The maximum absolute atomic E-state index is 12.8. The molecule has 1 aromatic rings. The average molecular weight is 342 g/mol. The molecule has 128 valence electrons. The normalized spacial score (nSPS) is 24.0. The standard InChI is InChI=1S/C16H23FN2O3S/c17-14-6-7-16(18-10-14)22-12-13-8-9-19(11-13)23(20,21)15-4-2-1-3-5-15/h6-7,10,13,15H,1-5,8-9,11-12H2. The second-order valence-electron chi connectivity index (χ2n) is 6.44. The van der Waals surface area contributed by atoms with Crippen molar-refractivity contribution >= 4 is 10.0 Å². The molecule has 0 N–H and O–H groups in total. The minimum absolute atomic E-state index is 0.167. The molecule has 0 bridgehead atoms. The van der Waals surface area contributed by atoms with Crippen molar-refractivity contribution in [3.63, 3.8) is 0 Å². The molecule has 1 saturated heterocycles. The lowest BCUT2D eigenvalue weighted by atomic mass is 10.0. The van der Waals surface area contributed by atoms with E-state index in [1.807, 2.05) is 0 Å². The molecule has 1 unspecified atom stereocenters. The summed E-state index contributed by atoms with van der Waals surface area (Å²) in [7, 11) is -3.17. The fourth-order valence-corrected chi connectivity index (χ4v) is 5.52. The van der Waals surface area contributed by atoms with Gasteiger partial charge in [-0.1, -0.05) is 19.3 Å². The molecule has 2 fully saturated rings. The van der Waals surface area contributed by atoms with Gasteiger partial charge in [0.15, 0.2) is 0 Å². The van der Waals surface area contributed by atoms with Crippen molar-refractivity contribution in [3.05, 3.63) is 24.1 Å². The number of halogens is 1. The van der Waals surface area contributed by atoms with Crippen LogP contribution in [-0.4, -0.2) is 42.7 Å². The first-order valence-corrected chi connectivity index (χ1v) is 9.79. The van der Waals surface area contributed by atoms with E-state index in [1.54, 1.807) is 4.31 Å². The summed E-state index contributed by atoms with van der Waals surface area (Å²) in [6, 6.07) is 2.79. The van der Waals surface area contributed by atoms with Gasteiger partial charge in [0.05, 0.1) is 18.1 Å². The third-order valence-corrected chi connectivity index (χ3v) is 7.11. The van der Waals surface area contributed by atoms with Crippen LogP contribution in [0.5, 0.6) is 5.88 Å². The highest BCUT2D eigenvalue weighted by Gasteiger charge is 2.37. The van der Waals surface area contributed by atoms with E-state index in [9.17, 15) is 12.8 Å². The van der Waals surface area contributed by atoms with Crippen LogP contribution in [0.15, 0.2) is 18.3 Å². The lowest BCUT2D eigenvalue weighted by Crippen LogP contribution is -2.38. The van der Waals surface area contributed by atoms with Crippen LogP contribution in [0.4, 0.5) is 4.39 Å². The zero-order valence-corrected chi connectivity index (χ0v) is 14.0. The van der Waals surface area contributed by atoms with E-state index in [4.69, 9.17) is 4.74 Å². The Morgan fingerprint density at radius 1 is 1.22 bits per heavy atom. The maximum atomic E-state index is 12.8. The van der Waals surface area contributed by atoms with Gasteiger partial charge >= 0.3 is 0 Å². The van der Waals surface area contributed by atoms with Gasteiger partial charge in [-0.3, -0.25) is 0 Å². The number of pyridine rings is 1. The SMILES string of the molecule is O=S(=O)(C1CCCCC1)N1CCC(COc2ccc(F)cn2)C1. The summed E-state index contributed by atoms with van der Waals surface area (Å²) in [5.41, 5.74) is 0. The minimum atomic E-state index is -3.17. The maximum Gasteiger partial charge on any atom is 0.216 e. The quantitative estimate of drug-likeness (QED) is 0.825. The lowest BCUT2D eigenvalue weighted by molar-refractivity contribution is 0.245. The van der Waals surface area contributed by atoms with Gasteiger partial charge in [-0.05, 0) is 25.3 Å². The number of hydrogen-bond acceptors (Lipinski definition) is 4. The van der Waals surface area contributed by atoms with E-state index in [1.165, 1.54) is 12.1 Å². The molecule has 2 aliphatic rings. The molecule has 0 radical (unpaired) electrons. The van der Waals surface area contributed by atoms with Crippen LogP contribution in [0.3, 0.4) is 0 Å². The summed E-state index contributed by atoms with van der Waals surface area (Å²) in [5.74, 6) is 0.142. The number of ether oxygens (including phenoxy) is 1. The van der Waals surface area contributed by atoms with Crippen molar-refractivity contribution in [2.24, 2.45) is 5.92 Å². The first kappa shape index (κ1) is 16.6. The molecule has 23 heavy (non-hydrogen) atoms. The van der Waals surface area contributed by atoms with Crippen LogP contribution in [0.25, 0.3) is 0 Å². The predicted molar refractivity (Wildman–Crippen MR) is 85.2 cm³/mol. The minimum Gasteiger partial charge on any atom is -0.477 e. The van der Waals surface area contributed by atoms with Gasteiger partial charge in [0.25, 0.3) is 0 Å². The first-order valence-electron chi connectivity index (χ1n) is 8.29. The molecule has 7 heteroatoms. The number of nitrogens with zero attached hydrogens (tertiary/aromatic N) is 2. The highest BCUT2D eigenvalue weighted by Crippen LogP contribution is 2.29. The van der Waals surface area contributed by atoms with Gasteiger partial charge in [0.1, 0.15) is 5.82 Å². The van der Waals surface area contributed by atoms with Crippen LogP contribution in [-0.2, 0) is 10.0 Å². The summed E-state index contributed by atoms with van der Waals surface area (Å²) in [5, 5.41) is -0.199. The van der Waals surface area contributed by atoms with Gasteiger partial charge in [0.2, 0.25) is 15.9 Å². The van der Waals surface area contributed by atoms with Crippen molar-refractivity contribution in [2.75, 3.05) is 19.7 Å². The third kappa shape index (κ3) is 4.01. The largest absolute Gasteiger partial charge is 0.477 e. The molecule has 0 amide bonds. The first-order chi connectivity index (χ1) is 11.1. The van der Waals surface area contributed by atoms with Crippen molar-refractivity contribution in [3.8, 4) is 5.88 Å². The molecule has 1 saturated carbocycles. The summed E-state index contributed by atoms with van der Waals surface area (Å²) < 4.78 is 45.3. The lowest BCUT2D eigenvalue weighted by Gasteiger charge is -2.27. The smallest absolute Gasteiger partial charge is 0.216 e. The average Bonchev–Trinajstić information content (AvgIpc) is 3.05. The molecule has 5 nitrogen and oxygen atoms in total. The highest BCUT2D eigenvalue weighted by molar-refractivity contribution is 7.89. The van der Waals surface area contributed by atoms with Crippen LogP contribution in [0, 0.1) is 11.7 Å². The Balaban J connectivity index is 1.52. The van der Waals surface area contributed by atoms with Crippen molar-refractivity contribution in [2.45, 2.75) is 43.8 Å². The van der Waals surface area contributed by atoms with Crippen molar-refractivity contribution in [1.82, 2.24) is 9.29 Å². The zero-order valence-electron chi connectivity index (χ0n) is 13.2. The topological polar surface area (TPSA) is 59.5 Å². The molecule has 0 aromatic carbocycles. The highest BCUT2D eigenvalue weighted by atomic mass is 32.2. The second-order valence-corrected chi connectivity index (χ2v) is 8.66. The summed E-state index contributed by atoms with van der Waals surface area (Å²) in [6.07, 6.45) is 6.67. The fourth-order valence-electron chi connectivity index (χ4n) is 3.39. The number of rotatable bonds is 5. The van der Waals surface area contributed by atoms with E-state index in [2.05, 4.69) is 4.98 Å². The van der Waals surface area contributed by atoms with Crippen LogP contribution in [0.2, 0.25) is 0 Å². The Labute approximate surface area is 136 Å². The van der Waals surface area contributed by atoms with Crippen molar-refractivity contribution < 1.29 is 17.5 Å². The van der Waals surface area contributed by atoms with E-state index in [0.717, 1.165) is 44.7 Å². The molecule has 1 aromatic heterocycles. The van der Waals surface area contributed by atoms with Gasteiger partial charge in [-0.2, -0.15) is 0 Å². The summed E-state index contributed by atoms with van der Waals surface area (Å²) in [6.45, 7) is 1.50. The molecule has 3 rings (SSSR count). The van der Waals surface area contributed by atoms with E-state index in [-0.39, 0.29) is 11.2 Å².